The van der Waals surface area contributed by atoms with Gasteiger partial charge in [-0.3, -0.25) is 9.69 Å². The minimum Gasteiger partial charge on any atom is -0.372 e. The van der Waals surface area contributed by atoms with E-state index >= 15 is 0 Å². The number of hydrogen-bond acceptors (Lipinski definition) is 3. The van der Waals surface area contributed by atoms with Gasteiger partial charge in [0.05, 0.1) is 6.54 Å². The molecule has 1 aromatic rings. The van der Waals surface area contributed by atoms with Crippen LogP contribution in [0.4, 0.5) is 11.4 Å². The Morgan fingerprint density at radius 2 is 1.62 bits per heavy atom. The van der Waals surface area contributed by atoms with Crippen molar-refractivity contribution in [2.24, 2.45) is 5.92 Å². The predicted molar refractivity (Wildman–Crippen MR) is 101 cm³/mol. The van der Waals surface area contributed by atoms with Crippen molar-refractivity contribution >= 4 is 17.3 Å². The van der Waals surface area contributed by atoms with E-state index in [1.807, 2.05) is 12.1 Å². The van der Waals surface area contributed by atoms with Gasteiger partial charge in [0.1, 0.15) is 0 Å². The molecule has 0 unspecified atom stereocenters. The molecule has 4 heteroatoms. The SMILES string of the molecule is CC1CCN(c2ccc(NC(=O)CN3CCCCCC3)cc2)CC1. The van der Waals surface area contributed by atoms with Gasteiger partial charge in [-0.05, 0) is 69.0 Å². The van der Waals surface area contributed by atoms with Gasteiger partial charge in [0.2, 0.25) is 5.91 Å². The van der Waals surface area contributed by atoms with Crippen LogP contribution in [0.2, 0.25) is 0 Å². The van der Waals surface area contributed by atoms with E-state index in [-0.39, 0.29) is 5.91 Å². The van der Waals surface area contributed by atoms with E-state index in [2.05, 4.69) is 34.2 Å². The Labute approximate surface area is 146 Å². The number of hydrogen-bond donors (Lipinski definition) is 1. The molecular formula is C20H31N3O. The summed E-state index contributed by atoms with van der Waals surface area (Å²) in [5, 5.41) is 3.05. The summed E-state index contributed by atoms with van der Waals surface area (Å²) in [6, 6.07) is 8.34. The molecule has 0 bridgehead atoms. The van der Waals surface area contributed by atoms with Crippen LogP contribution in [0.15, 0.2) is 24.3 Å². The van der Waals surface area contributed by atoms with Crippen LogP contribution < -0.4 is 10.2 Å². The first-order valence-corrected chi connectivity index (χ1v) is 9.58. The summed E-state index contributed by atoms with van der Waals surface area (Å²) in [7, 11) is 0. The maximum atomic E-state index is 12.3. The maximum Gasteiger partial charge on any atom is 0.238 e. The van der Waals surface area contributed by atoms with Crippen molar-refractivity contribution in [2.75, 3.05) is 42.9 Å². The summed E-state index contributed by atoms with van der Waals surface area (Å²) in [5.41, 5.74) is 2.18. The highest BCUT2D eigenvalue weighted by Gasteiger charge is 2.16. The van der Waals surface area contributed by atoms with Crippen LogP contribution in [0.3, 0.4) is 0 Å². The van der Waals surface area contributed by atoms with Crippen molar-refractivity contribution < 1.29 is 4.79 Å². The molecule has 3 rings (SSSR count). The third-order valence-corrected chi connectivity index (χ3v) is 5.37. The molecule has 0 aliphatic carbocycles. The van der Waals surface area contributed by atoms with E-state index in [9.17, 15) is 4.79 Å². The lowest BCUT2D eigenvalue weighted by Crippen LogP contribution is -2.34. The van der Waals surface area contributed by atoms with Crippen LogP contribution in [0.1, 0.15) is 45.4 Å². The Balaban J connectivity index is 1.49. The van der Waals surface area contributed by atoms with Gasteiger partial charge in [0.15, 0.2) is 0 Å². The summed E-state index contributed by atoms with van der Waals surface area (Å²) in [6.07, 6.45) is 7.58. The van der Waals surface area contributed by atoms with Crippen molar-refractivity contribution in [3.8, 4) is 0 Å². The van der Waals surface area contributed by atoms with E-state index in [0.29, 0.717) is 6.54 Å². The molecule has 0 saturated carbocycles. The van der Waals surface area contributed by atoms with E-state index in [1.54, 1.807) is 0 Å². The number of carbonyl (C=O) groups excluding carboxylic acids is 1. The van der Waals surface area contributed by atoms with Crippen LogP contribution >= 0.6 is 0 Å². The second kappa shape index (κ2) is 8.52. The Kier molecular flexibility index (Phi) is 6.13. The summed E-state index contributed by atoms with van der Waals surface area (Å²) in [4.78, 5) is 17.0. The molecule has 0 radical (unpaired) electrons. The smallest absolute Gasteiger partial charge is 0.238 e. The zero-order valence-corrected chi connectivity index (χ0v) is 15.0. The highest BCUT2D eigenvalue weighted by molar-refractivity contribution is 5.92. The normalized spacial score (nSPS) is 20.6. The second-order valence-corrected chi connectivity index (χ2v) is 7.45. The number of piperidine rings is 1. The number of rotatable bonds is 4. The maximum absolute atomic E-state index is 12.3. The molecule has 2 saturated heterocycles. The zero-order chi connectivity index (χ0) is 16.8. The van der Waals surface area contributed by atoms with Gasteiger partial charge >= 0.3 is 0 Å². The quantitative estimate of drug-likeness (QED) is 0.914. The Morgan fingerprint density at radius 1 is 1.00 bits per heavy atom. The fourth-order valence-corrected chi connectivity index (χ4v) is 3.72. The van der Waals surface area contributed by atoms with Crippen molar-refractivity contribution in [1.82, 2.24) is 4.90 Å². The molecule has 0 atom stereocenters. The molecule has 132 valence electrons. The lowest BCUT2D eigenvalue weighted by atomic mass is 9.99. The number of nitrogens with zero attached hydrogens (tertiary/aromatic N) is 2. The van der Waals surface area contributed by atoms with Crippen LogP contribution in [0, 0.1) is 5.92 Å². The molecule has 4 nitrogen and oxygen atoms in total. The van der Waals surface area contributed by atoms with Crippen LogP contribution in [-0.4, -0.2) is 43.5 Å². The minimum atomic E-state index is 0.108. The van der Waals surface area contributed by atoms with E-state index in [4.69, 9.17) is 0 Å². The topological polar surface area (TPSA) is 35.6 Å². The third kappa shape index (κ3) is 4.97. The zero-order valence-electron chi connectivity index (χ0n) is 15.0. The highest BCUT2D eigenvalue weighted by Crippen LogP contribution is 2.24. The third-order valence-electron chi connectivity index (χ3n) is 5.37. The lowest BCUT2D eigenvalue weighted by Gasteiger charge is -2.32. The first kappa shape index (κ1) is 17.3. The Bertz CT molecular complexity index is 512. The summed E-state index contributed by atoms with van der Waals surface area (Å²) < 4.78 is 0. The largest absolute Gasteiger partial charge is 0.372 e. The minimum absolute atomic E-state index is 0.108. The molecular weight excluding hydrogens is 298 g/mol. The Morgan fingerprint density at radius 3 is 2.25 bits per heavy atom. The molecule has 1 N–H and O–H groups in total. The van der Waals surface area contributed by atoms with Gasteiger partial charge in [-0.2, -0.15) is 0 Å². The predicted octanol–water partition coefficient (Wildman–Crippen LogP) is 3.74. The summed E-state index contributed by atoms with van der Waals surface area (Å²) in [5.74, 6) is 0.954. The molecule has 0 spiro atoms. The summed E-state index contributed by atoms with van der Waals surface area (Å²) >= 11 is 0. The first-order chi connectivity index (χ1) is 11.7. The van der Waals surface area contributed by atoms with E-state index < -0.39 is 0 Å². The number of amides is 1. The molecule has 2 heterocycles. The lowest BCUT2D eigenvalue weighted by molar-refractivity contribution is -0.117. The molecule has 1 aromatic carbocycles. The van der Waals surface area contributed by atoms with E-state index in [1.165, 1.54) is 44.2 Å². The number of carbonyl (C=O) groups is 1. The van der Waals surface area contributed by atoms with Crippen LogP contribution in [0.5, 0.6) is 0 Å². The van der Waals surface area contributed by atoms with Gasteiger partial charge in [-0.25, -0.2) is 0 Å². The van der Waals surface area contributed by atoms with Crippen molar-refractivity contribution in [3.05, 3.63) is 24.3 Å². The molecule has 1 amide bonds. The molecule has 0 aromatic heterocycles. The average Bonchev–Trinajstić information content (AvgIpc) is 2.85. The van der Waals surface area contributed by atoms with Gasteiger partial charge < -0.3 is 10.2 Å². The van der Waals surface area contributed by atoms with Crippen molar-refractivity contribution in [3.63, 3.8) is 0 Å². The van der Waals surface area contributed by atoms with Crippen LogP contribution in [0.25, 0.3) is 0 Å². The molecule has 2 aliphatic rings. The van der Waals surface area contributed by atoms with Gasteiger partial charge in [0, 0.05) is 24.5 Å². The van der Waals surface area contributed by atoms with Crippen molar-refractivity contribution in [2.45, 2.75) is 45.4 Å². The Hall–Kier alpha value is -1.55. The fraction of sp³-hybridized carbons (Fsp3) is 0.650. The average molecular weight is 329 g/mol. The molecule has 24 heavy (non-hydrogen) atoms. The highest BCUT2D eigenvalue weighted by atomic mass is 16.2. The number of benzene rings is 1. The van der Waals surface area contributed by atoms with E-state index in [0.717, 1.165) is 37.8 Å². The number of anilines is 2. The fourth-order valence-electron chi connectivity index (χ4n) is 3.72. The van der Waals surface area contributed by atoms with Crippen molar-refractivity contribution in [1.29, 1.82) is 0 Å². The molecule has 2 aliphatic heterocycles. The summed E-state index contributed by atoms with van der Waals surface area (Å²) in [6.45, 7) is 7.25. The van der Waals surface area contributed by atoms with Gasteiger partial charge in [0.25, 0.3) is 0 Å². The van der Waals surface area contributed by atoms with Gasteiger partial charge in [-0.1, -0.05) is 19.8 Å². The molecule has 2 fully saturated rings. The number of nitrogens with one attached hydrogen (secondary N) is 1. The first-order valence-electron chi connectivity index (χ1n) is 9.58. The van der Waals surface area contributed by atoms with Gasteiger partial charge in [-0.15, -0.1) is 0 Å². The number of likely N-dealkylation sites (tertiary alicyclic amines) is 1. The monoisotopic (exact) mass is 329 g/mol. The second-order valence-electron chi connectivity index (χ2n) is 7.45. The van der Waals surface area contributed by atoms with Crippen LogP contribution in [-0.2, 0) is 4.79 Å². The standard InChI is InChI=1S/C20H31N3O/c1-17-10-14-23(15-11-17)19-8-6-18(7-9-19)21-20(24)16-22-12-4-2-3-5-13-22/h6-9,17H,2-5,10-16H2,1H3,(H,21,24).